The molecule has 0 unspecified atom stereocenters. The van der Waals surface area contributed by atoms with Gasteiger partial charge in [0.05, 0.1) is 10.6 Å². The summed E-state index contributed by atoms with van der Waals surface area (Å²) in [7, 11) is 0. The average Bonchev–Trinajstić information content (AvgIpc) is 2.84. The summed E-state index contributed by atoms with van der Waals surface area (Å²) in [4.78, 5) is 17.5. The number of benzene rings is 1. The Labute approximate surface area is 142 Å². The van der Waals surface area contributed by atoms with Crippen molar-refractivity contribution in [1.29, 1.82) is 0 Å². The van der Waals surface area contributed by atoms with Crippen molar-refractivity contribution in [2.75, 3.05) is 0 Å². The van der Waals surface area contributed by atoms with Crippen molar-refractivity contribution in [3.05, 3.63) is 49.8 Å². The van der Waals surface area contributed by atoms with E-state index in [1.54, 1.807) is 35.8 Å². The first-order chi connectivity index (χ1) is 10.6. The summed E-state index contributed by atoms with van der Waals surface area (Å²) in [5, 5.41) is 1.77. The fourth-order valence-corrected chi connectivity index (χ4v) is 4.33. The number of rotatable bonds is 3. The smallest absolute Gasteiger partial charge is 0.252 e. The van der Waals surface area contributed by atoms with Gasteiger partial charge in [-0.1, -0.05) is 29.3 Å². The molecule has 0 bridgehead atoms. The quantitative estimate of drug-likeness (QED) is 0.793. The molecule has 1 aromatic heterocycles. The van der Waals surface area contributed by atoms with Crippen molar-refractivity contribution in [1.82, 2.24) is 0 Å². The normalized spacial score (nSPS) is 14.3. The fraction of sp³-hybridized carbons (Fsp3) is 0.250. The number of carbonyl (C=O) groups excluding carboxylic acids is 1. The summed E-state index contributed by atoms with van der Waals surface area (Å²) in [6.45, 7) is 0. The number of primary amides is 1. The van der Waals surface area contributed by atoms with Crippen molar-refractivity contribution < 1.29 is 4.79 Å². The van der Waals surface area contributed by atoms with Crippen molar-refractivity contribution >= 4 is 51.7 Å². The third-order valence-corrected chi connectivity index (χ3v) is 5.44. The maximum atomic E-state index is 11.8. The molecule has 1 aromatic carbocycles. The minimum absolute atomic E-state index is 0.409. The van der Waals surface area contributed by atoms with Crippen LogP contribution in [0.3, 0.4) is 0 Å². The van der Waals surface area contributed by atoms with Crippen LogP contribution in [-0.2, 0) is 12.8 Å². The Kier molecular flexibility index (Phi) is 4.52. The molecule has 0 spiro atoms. The summed E-state index contributed by atoms with van der Waals surface area (Å²) in [5.74, 6) is -0.409. The molecular weight excluding hydrogens is 339 g/mol. The number of fused-ring (bicyclic) bond motifs is 1. The Morgan fingerprint density at radius 1 is 1.27 bits per heavy atom. The topological polar surface area (TPSA) is 55.5 Å². The van der Waals surface area contributed by atoms with Gasteiger partial charge in [0.15, 0.2) is 0 Å². The van der Waals surface area contributed by atoms with Gasteiger partial charge in [0.1, 0.15) is 5.00 Å². The van der Waals surface area contributed by atoms with Gasteiger partial charge in [-0.15, -0.1) is 11.3 Å². The molecule has 6 heteroatoms. The number of hydrogen-bond acceptors (Lipinski definition) is 3. The van der Waals surface area contributed by atoms with Crippen LogP contribution in [0.4, 0.5) is 5.00 Å². The van der Waals surface area contributed by atoms with E-state index >= 15 is 0 Å². The zero-order valence-electron chi connectivity index (χ0n) is 11.7. The number of aryl methyl sites for hydroxylation is 1. The monoisotopic (exact) mass is 352 g/mol. The van der Waals surface area contributed by atoms with Crippen LogP contribution in [0.25, 0.3) is 0 Å². The van der Waals surface area contributed by atoms with E-state index in [9.17, 15) is 4.79 Å². The van der Waals surface area contributed by atoms with Crippen LogP contribution in [-0.4, -0.2) is 12.1 Å². The van der Waals surface area contributed by atoms with Gasteiger partial charge in [-0.05, 0) is 43.4 Å². The largest absolute Gasteiger partial charge is 0.365 e. The summed E-state index contributed by atoms with van der Waals surface area (Å²) in [5.41, 5.74) is 7.96. The van der Waals surface area contributed by atoms with Crippen LogP contribution in [0, 0.1) is 0 Å². The predicted octanol–water partition coefficient (Wildman–Crippen LogP) is 4.78. The molecule has 3 nitrogen and oxygen atoms in total. The predicted molar refractivity (Wildman–Crippen MR) is 93.2 cm³/mol. The zero-order chi connectivity index (χ0) is 15.7. The number of carbonyl (C=O) groups is 1. The molecule has 1 amide bonds. The second-order valence-electron chi connectivity index (χ2n) is 5.18. The van der Waals surface area contributed by atoms with Crippen LogP contribution >= 0.6 is 34.5 Å². The van der Waals surface area contributed by atoms with Crippen molar-refractivity contribution in [3.8, 4) is 0 Å². The summed E-state index contributed by atoms with van der Waals surface area (Å²) < 4.78 is 0. The fourth-order valence-electron chi connectivity index (χ4n) is 2.63. The molecule has 3 rings (SSSR count). The van der Waals surface area contributed by atoms with E-state index in [0.29, 0.717) is 20.6 Å². The van der Waals surface area contributed by atoms with Gasteiger partial charge in [0.2, 0.25) is 0 Å². The lowest BCUT2D eigenvalue weighted by molar-refractivity contribution is 0.100. The second kappa shape index (κ2) is 6.41. The Morgan fingerprint density at radius 2 is 2.05 bits per heavy atom. The average molecular weight is 353 g/mol. The number of amides is 1. The maximum Gasteiger partial charge on any atom is 0.252 e. The Balaban J connectivity index is 1.99. The van der Waals surface area contributed by atoms with E-state index in [4.69, 9.17) is 28.9 Å². The summed E-state index contributed by atoms with van der Waals surface area (Å²) in [6, 6.07) is 5.22. The van der Waals surface area contributed by atoms with Gasteiger partial charge in [0.25, 0.3) is 5.91 Å². The van der Waals surface area contributed by atoms with Crippen molar-refractivity contribution in [3.63, 3.8) is 0 Å². The molecule has 1 aliphatic carbocycles. The SMILES string of the molecule is NC(=O)c1c(N=Cc2ccc(Cl)cc2Cl)sc2c1CCCC2. The highest BCUT2D eigenvalue weighted by Crippen LogP contribution is 2.39. The van der Waals surface area contributed by atoms with Crippen LogP contribution in [0.15, 0.2) is 23.2 Å². The minimum atomic E-state index is -0.409. The van der Waals surface area contributed by atoms with Gasteiger partial charge in [-0.2, -0.15) is 0 Å². The second-order valence-corrected chi connectivity index (χ2v) is 7.11. The third-order valence-electron chi connectivity index (χ3n) is 3.68. The molecule has 22 heavy (non-hydrogen) atoms. The van der Waals surface area contributed by atoms with E-state index in [2.05, 4.69) is 4.99 Å². The van der Waals surface area contributed by atoms with E-state index in [1.165, 1.54) is 4.88 Å². The molecule has 2 aromatic rings. The van der Waals surface area contributed by atoms with E-state index < -0.39 is 5.91 Å². The first-order valence-electron chi connectivity index (χ1n) is 6.99. The number of halogens is 2. The number of nitrogens with two attached hydrogens (primary N) is 1. The summed E-state index contributed by atoms with van der Waals surface area (Å²) >= 11 is 13.6. The van der Waals surface area contributed by atoms with Crippen molar-refractivity contribution in [2.24, 2.45) is 10.7 Å². The lowest BCUT2D eigenvalue weighted by atomic mass is 9.95. The van der Waals surface area contributed by atoms with Gasteiger partial charge in [-0.3, -0.25) is 4.79 Å². The molecular formula is C16H14Cl2N2OS. The standard InChI is InChI=1S/C16H14Cl2N2OS/c17-10-6-5-9(12(18)7-10)8-20-16-14(15(19)21)11-3-1-2-4-13(11)22-16/h5-8H,1-4H2,(H2,19,21). The summed E-state index contributed by atoms with van der Waals surface area (Å²) in [6.07, 6.45) is 5.80. The van der Waals surface area contributed by atoms with Gasteiger partial charge in [0, 0.05) is 21.7 Å². The molecule has 114 valence electrons. The minimum Gasteiger partial charge on any atom is -0.365 e. The third kappa shape index (κ3) is 3.05. The van der Waals surface area contributed by atoms with Crippen LogP contribution in [0.2, 0.25) is 10.0 Å². The molecule has 0 radical (unpaired) electrons. The number of thiophene rings is 1. The molecule has 1 aliphatic rings. The lowest BCUT2D eigenvalue weighted by Gasteiger charge is -2.10. The zero-order valence-corrected chi connectivity index (χ0v) is 14.1. The van der Waals surface area contributed by atoms with Gasteiger partial charge < -0.3 is 5.73 Å². The molecule has 0 saturated carbocycles. The Bertz CT molecular complexity index is 768. The molecule has 0 atom stereocenters. The van der Waals surface area contributed by atoms with E-state index in [0.717, 1.165) is 36.8 Å². The highest BCUT2D eigenvalue weighted by atomic mass is 35.5. The highest BCUT2D eigenvalue weighted by Gasteiger charge is 2.23. The molecule has 2 N–H and O–H groups in total. The molecule has 0 aliphatic heterocycles. The maximum absolute atomic E-state index is 11.8. The van der Waals surface area contributed by atoms with E-state index in [1.807, 2.05) is 0 Å². The molecule has 0 fully saturated rings. The first-order valence-corrected chi connectivity index (χ1v) is 8.57. The highest BCUT2D eigenvalue weighted by molar-refractivity contribution is 7.16. The van der Waals surface area contributed by atoms with Crippen LogP contribution in [0.5, 0.6) is 0 Å². The van der Waals surface area contributed by atoms with Crippen LogP contribution < -0.4 is 5.73 Å². The first kappa shape index (κ1) is 15.5. The number of nitrogens with zero attached hydrogens (tertiary/aromatic N) is 1. The number of aliphatic imine (C=N–C) groups is 1. The van der Waals surface area contributed by atoms with E-state index in [-0.39, 0.29) is 0 Å². The Hall–Kier alpha value is -1.36. The van der Waals surface area contributed by atoms with Crippen molar-refractivity contribution in [2.45, 2.75) is 25.7 Å². The Morgan fingerprint density at radius 3 is 2.77 bits per heavy atom. The van der Waals surface area contributed by atoms with Crippen LogP contribution in [0.1, 0.15) is 39.2 Å². The molecule has 0 saturated heterocycles. The van der Waals surface area contributed by atoms with Gasteiger partial charge >= 0.3 is 0 Å². The number of hydrogen-bond donors (Lipinski definition) is 1. The molecule has 1 heterocycles. The lowest BCUT2D eigenvalue weighted by Crippen LogP contribution is -2.14. The van der Waals surface area contributed by atoms with Gasteiger partial charge in [-0.25, -0.2) is 4.99 Å².